The molecule has 4 heteroatoms. The maximum absolute atomic E-state index is 6.24. The van der Waals surface area contributed by atoms with Crippen molar-refractivity contribution in [2.24, 2.45) is 0 Å². The van der Waals surface area contributed by atoms with Gasteiger partial charge in [-0.3, -0.25) is 0 Å². The molecule has 264 valence electrons. The summed E-state index contributed by atoms with van der Waals surface area (Å²) in [7, 11) is 0. The highest BCUT2D eigenvalue weighted by atomic mass is 16.3. The molecule has 4 nitrogen and oxygen atoms in total. The van der Waals surface area contributed by atoms with E-state index in [2.05, 4.69) is 140 Å². The standard InChI is InChI=1S/C53H31N3O/c1-2-11-33(12-3-1)51-54-52(34-25-23-32(24-26-34)37-29-30-45-41-15-5-4-14-40(41)43-19-9-18-42(37)49(43)45)56-53(55-51)36-27-28-38-35(31-36)13-8-17-39(38)44-20-10-22-48-50(44)46-16-6-7-21-47(46)57-48/h1-31H. The van der Waals surface area contributed by atoms with Crippen LogP contribution in [0.4, 0.5) is 0 Å². The monoisotopic (exact) mass is 725 g/mol. The molecule has 11 aromatic rings. The summed E-state index contributed by atoms with van der Waals surface area (Å²) in [5.74, 6) is 1.90. The van der Waals surface area contributed by atoms with Crippen LogP contribution in [0.15, 0.2) is 192 Å². The Morgan fingerprint density at radius 3 is 1.61 bits per heavy atom. The van der Waals surface area contributed by atoms with Crippen molar-refractivity contribution >= 4 is 43.5 Å². The first-order valence-electron chi connectivity index (χ1n) is 19.3. The summed E-state index contributed by atoms with van der Waals surface area (Å²) < 4.78 is 6.24. The van der Waals surface area contributed by atoms with Crippen molar-refractivity contribution in [1.29, 1.82) is 0 Å². The third kappa shape index (κ3) is 4.98. The average Bonchev–Trinajstić information content (AvgIpc) is 3.83. The summed E-state index contributed by atoms with van der Waals surface area (Å²) in [6, 6.07) is 66.2. The van der Waals surface area contributed by atoms with Gasteiger partial charge in [-0.2, -0.15) is 0 Å². The second kappa shape index (κ2) is 12.4. The molecule has 9 aromatic carbocycles. The van der Waals surface area contributed by atoms with Crippen LogP contribution in [0.25, 0.3) is 122 Å². The van der Waals surface area contributed by atoms with Gasteiger partial charge in [0.2, 0.25) is 0 Å². The van der Waals surface area contributed by atoms with E-state index in [0.717, 1.165) is 66.1 Å². The minimum absolute atomic E-state index is 0.630. The Morgan fingerprint density at radius 2 is 0.807 bits per heavy atom. The Kier molecular flexibility index (Phi) is 6.89. The van der Waals surface area contributed by atoms with Crippen LogP contribution in [0.1, 0.15) is 0 Å². The number of aromatic nitrogens is 3. The van der Waals surface area contributed by atoms with Crippen molar-refractivity contribution in [3.8, 4) is 78.7 Å². The number of rotatable bonds is 5. The van der Waals surface area contributed by atoms with E-state index in [0.29, 0.717) is 17.5 Å². The lowest BCUT2D eigenvalue weighted by Crippen LogP contribution is -2.00. The highest BCUT2D eigenvalue weighted by molar-refractivity contribution is 6.19. The van der Waals surface area contributed by atoms with Crippen molar-refractivity contribution in [2.45, 2.75) is 0 Å². The normalized spacial score (nSPS) is 11.9. The fourth-order valence-electron chi connectivity index (χ4n) is 8.87. The largest absolute Gasteiger partial charge is 0.456 e. The van der Waals surface area contributed by atoms with Gasteiger partial charge in [-0.25, -0.2) is 15.0 Å². The van der Waals surface area contributed by atoms with Gasteiger partial charge in [0.15, 0.2) is 17.5 Å². The van der Waals surface area contributed by atoms with Crippen LogP contribution in [0.3, 0.4) is 0 Å². The average molecular weight is 726 g/mol. The van der Waals surface area contributed by atoms with Gasteiger partial charge in [-0.15, -0.1) is 0 Å². The van der Waals surface area contributed by atoms with E-state index in [9.17, 15) is 0 Å². The first-order chi connectivity index (χ1) is 28.2. The van der Waals surface area contributed by atoms with E-state index in [1.807, 2.05) is 48.5 Å². The highest BCUT2D eigenvalue weighted by Gasteiger charge is 2.22. The lowest BCUT2D eigenvalue weighted by molar-refractivity contribution is 0.669. The first kappa shape index (κ1) is 31.6. The SMILES string of the molecule is c1ccc(-c2nc(-c3ccc(-c4ccc5c6c(cccc46)-c4ccccc4-5)cc3)nc(-c3ccc4c(-c5cccc6oc7ccccc7c56)cccc4c3)n2)cc1. The van der Waals surface area contributed by atoms with Gasteiger partial charge < -0.3 is 4.42 Å². The molecule has 12 rings (SSSR count). The zero-order chi connectivity index (χ0) is 37.5. The van der Waals surface area contributed by atoms with E-state index in [1.165, 1.54) is 38.6 Å². The molecule has 57 heavy (non-hydrogen) atoms. The van der Waals surface area contributed by atoms with Crippen LogP contribution < -0.4 is 0 Å². The van der Waals surface area contributed by atoms with Crippen LogP contribution >= 0.6 is 0 Å². The predicted molar refractivity (Wildman–Crippen MR) is 234 cm³/mol. The Morgan fingerprint density at radius 1 is 0.281 bits per heavy atom. The predicted octanol–water partition coefficient (Wildman–Crippen LogP) is 14.1. The lowest BCUT2D eigenvalue weighted by atomic mass is 9.93. The third-order valence-corrected chi connectivity index (χ3v) is 11.5. The summed E-state index contributed by atoms with van der Waals surface area (Å²) in [6.45, 7) is 0. The molecule has 1 aliphatic carbocycles. The minimum atomic E-state index is 0.630. The van der Waals surface area contributed by atoms with Crippen molar-refractivity contribution in [3.63, 3.8) is 0 Å². The van der Waals surface area contributed by atoms with E-state index in [4.69, 9.17) is 19.4 Å². The summed E-state index contributed by atoms with van der Waals surface area (Å²) >= 11 is 0. The Bertz CT molecular complexity index is 3370. The van der Waals surface area contributed by atoms with Crippen LogP contribution in [0.2, 0.25) is 0 Å². The van der Waals surface area contributed by atoms with E-state index in [-0.39, 0.29) is 0 Å². The molecule has 0 atom stereocenters. The van der Waals surface area contributed by atoms with E-state index in [1.54, 1.807) is 0 Å². The topological polar surface area (TPSA) is 51.8 Å². The molecule has 0 saturated carbocycles. The van der Waals surface area contributed by atoms with Gasteiger partial charge in [-0.05, 0) is 84.3 Å². The van der Waals surface area contributed by atoms with Crippen molar-refractivity contribution in [2.75, 3.05) is 0 Å². The molecule has 0 aliphatic heterocycles. The number of para-hydroxylation sites is 1. The second-order valence-corrected chi connectivity index (χ2v) is 14.7. The number of benzene rings is 9. The molecule has 0 radical (unpaired) electrons. The minimum Gasteiger partial charge on any atom is -0.456 e. The molecule has 0 unspecified atom stereocenters. The molecule has 2 heterocycles. The molecule has 0 spiro atoms. The van der Waals surface area contributed by atoms with Gasteiger partial charge in [-0.1, -0.05) is 170 Å². The Balaban J connectivity index is 0.957. The number of furan rings is 1. The molecule has 2 aromatic heterocycles. The van der Waals surface area contributed by atoms with Crippen LogP contribution in [-0.4, -0.2) is 15.0 Å². The van der Waals surface area contributed by atoms with Gasteiger partial charge >= 0.3 is 0 Å². The fraction of sp³-hybridized carbons (Fsp3) is 0. The number of nitrogens with zero attached hydrogens (tertiary/aromatic N) is 3. The van der Waals surface area contributed by atoms with E-state index < -0.39 is 0 Å². The molecule has 0 fully saturated rings. The van der Waals surface area contributed by atoms with Crippen LogP contribution in [-0.2, 0) is 0 Å². The Hall–Kier alpha value is -7.69. The quantitative estimate of drug-likeness (QED) is 0.177. The third-order valence-electron chi connectivity index (χ3n) is 11.5. The van der Waals surface area contributed by atoms with Gasteiger partial charge in [0.1, 0.15) is 11.2 Å². The zero-order valence-corrected chi connectivity index (χ0v) is 30.6. The smallest absolute Gasteiger partial charge is 0.164 e. The molecule has 0 N–H and O–H groups in total. The van der Waals surface area contributed by atoms with Gasteiger partial charge in [0, 0.05) is 27.5 Å². The molecule has 0 amide bonds. The second-order valence-electron chi connectivity index (χ2n) is 14.7. The maximum atomic E-state index is 6.24. The molecule has 0 saturated heterocycles. The van der Waals surface area contributed by atoms with Gasteiger partial charge in [0.05, 0.1) is 0 Å². The zero-order valence-electron chi connectivity index (χ0n) is 30.6. The molecular formula is C53H31N3O. The summed E-state index contributed by atoms with van der Waals surface area (Å²) in [4.78, 5) is 15.2. The molecule has 0 bridgehead atoms. The highest BCUT2D eigenvalue weighted by Crippen LogP contribution is 2.49. The van der Waals surface area contributed by atoms with Crippen LogP contribution in [0.5, 0.6) is 0 Å². The van der Waals surface area contributed by atoms with E-state index >= 15 is 0 Å². The lowest BCUT2D eigenvalue weighted by Gasteiger charge is -2.12. The Labute approximate surface area is 328 Å². The van der Waals surface area contributed by atoms with Crippen molar-refractivity contribution < 1.29 is 4.42 Å². The van der Waals surface area contributed by atoms with Crippen molar-refractivity contribution in [3.05, 3.63) is 188 Å². The number of hydrogen-bond donors (Lipinski definition) is 0. The van der Waals surface area contributed by atoms with Gasteiger partial charge in [0.25, 0.3) is 0 Å². The maximum Gasteiger partial charge on any atom is 0.164 e. The summed E-state index contributed by atoms with van der Waals surface area (Å²) in [6.07, 6.45) is 0. The summed E-state index contributed by atoms with van der Waals surface area (Å²) in [5.41, 5.74) is 14.5. The van der Waals surface area contributed by atoms with Crippen molar-refractivity contribution in [1.82, 2.24) is 15.0 Å². The molecule has 1 aliphatic rings. The fourth-order valence-corrected chi connectivity index (χ4v) is 8.87. The molecular weight excluding hydrogens is 695 g/mol. The number of fused-ring (bicyclic) bond motifs is 7. The number of hydrogen-bond acceptors (Lipinski definition) is 4. The summed E-state index contributed by atoms with van der Waals surface area (Å²) in [5, 5.41) is 7.09. The first-order valence-corrected chi connectivity index (χ1v) is 19.3. The van der Waals surface area contributed by atoms with Crippen LogP contribution in [0, 0.1) is 0 Å².